The Morgan fingerprint density at radius 3 is 2.79 bits per heavy atom. The SMILES string of the molecule is CN1CCC2(CC1)CC(COCC1CC1)N(Cc1cccnc1)C2. The quantitative estimate of drug-likeness (QED) is 0.802. The molecule has 3 aliphatic rings. The Kier molecular flexibility index (Phi) is 4.88. The minimum atomic E-state index is 0.516. The van der Waals surface area contributed by atoms with E-state index in [1.165, 1.54) is 57.3 Å². The zero-order valence-corrected chi connectivity index (χ0v) is 15.0. The van der Waals surface area contributed by atoms with Gasteiger partial charge < -0.3 is 9.64 Å². The molecule has 1 aromatic rings. The average molecular weight is 329 g/mol. The molecule has 1 atom stereocenters. The van der Waals surface area contributed by atoms with Crippen LogP contribution in [0.15, 0.2) is 24.5 Å². The van der Waals surface area contributed by atoms with Crippen LogP contribution in [0.25, 0.3) is 0 Å². The summed E-state index contributed by atoms with van der Waals surface area (Å²) >= 11 is 0. The largest absolute Gasteiger partial charge is 0.380 e. The molecule has 24 heavy (non-hydrogen) atoms. The molecular formula is C20H31N3O. The van der Waals surface area contributed by atoms with E-state index in [1.54, 1.807) is 0 Å². The molecule has 0 aromatic carbocycles. The summed E-state index contributed by atoms with van der Waals surface area (Å²) in [5.74, 6) is 0.857. The van der Waals surface area contributed by atoms with Gasteiger partial charge in [0, 0.05) is 38.1 Å². The first-order valence-corrected chi connectivity index (χ1v) is 9.62. The highest BCUT2D eigenvalue weighted by atomic mass is 16.5. The second-order valence-electron chi connectivity index (χ2n) is 8.41. The van der Waals surface area contributed by atoms with Crippen molar-refractivity contribution in [3.05, 3.63) is 30.1 Å². The number of aromatic nitrogens is 1. The molecule has 1 aliphatic carbocycles. The second-order valence-corrected chi connectivity index (χ2v) is 8.41. The molecule has 0 amide bonds. The van der Waals surface area contributed by atoms with Gasteiger partial charge in [-0.1, -0.05) is 6.07 Å². The Labute approximate surface area is 146 Å². The fourth-order valence-corrected chi connectivity index (χ4v) is 4.44. The van der Waals surface area contributed by atoms with Gasteiger partial charge in [-0.25, -0.2) is 0 Å². The van der Waals surface area contributed by atoms with Crippen molar-refractivity contribution in [1.29, 1.82) is 0 Å². The molecule has 3 fully saturated rings. The van der Waals surface area contributed by atoms with Gasteiger partial charge >= 0.3 is 0 Å². The van der Waals surface area contributed by atoms with E-state index in [1.807, 2.05) is 12.4 Å². The van der Waals surface area contributed by atoms with E-state index in [4.69, 9.17) is 4.74 Å². The summed E-state index contributed by atoms with van der Waals surface area (Å²) in [4.78, 5) is 9.45. The van der Waals surface area contributed by atoms with E-state index in [0.29, 0.717) is 11.5 Å². The lowest BCUT2D eigenvalue weighted by atomic mass is 9.77. The normalized spacial score (nSPS) is 27.8. The molecule has 2 saturated heterocycles. The summed E-state index contributed by atoms with van der Waals surface area (Å²) in [5, 5.41) is 0. The zero-order chi connectivity index (χ0) is 16.4. The van der Waals surface area contributed by atoms with E-state index in [2.05, 4.69) is 34.0 Å². The summed E-state index contributed by atoms with van der Waals surface area (Å²) in [6.07, 6.45) is 10.6. The lowest BCUT2D eigenvalue weighted by Crippen LogP contribution is -2.39. The van der Waals surface area contributed by atoms with Crippen molar-refractivity contribution < 1.29 is 4.74 Å². The standard InChI is InChI=1S/C20H31N3O/c1-22-9-6-20(7-10-22)11-19(15-24-14-17-4-5-17)23(16-20)13-18-3-2-8-21-12-18/h2-3,8,12,17,19H,4-7,9-11,13-16H2,1H3. The molecule has 3 heterocycles. The molecule has 0 bridgehead atoms. The highest BCUT2D eigenvalue weighted by molar-refractivity contribution is 5.10. The van der Waals surface area contributed by atoms with Gasteiger partial charge in [0.05, 0.1) is 6.61 Å². The van der Waals surface area contributed by atoms with E-state index in [-0.39, 0.29) is 0 Å². The van der Waals surface area contributed by atoms with Crippen molar-refractivity contribution >= 4 is 0 Å². The Morgan fingerprint density at radius 2 is 2.08 bits per heavy atom. The predicted octanol–water partition coefficient (Wildman–Crippen LogP) is 2.79. The molecule has 2 aliphatic heterocycles. The lowest BCUT2D eigenvalue weighted by Gasteiger charge is -2.37. The van der Waals surface area contributed by atoms with E-state index in [0.717, 1.165) is 25.7 Å². The number of rotatable bonds is 6. The number of pyridine rings is 1. The number of hydrogen-bond donors (Lipinski definition) is 0. The Morgan fingerprint density at radius 1 is 1.25 bits per heavy atom. The first-order chi connectivity index (χ1) is 11.7. The summed E-state index contributed by atoms with van der Waals surface area (Å²) < 4.78 is 6.10. The molecular weight excluding hydrogens is 298 g/mol. The van der Waals surface area contributed by atoms with Crippen LogP contribution in [0, 0.1) is 11.3 Å². The number of nitrogens with zero attached hydrogens (tertiary/aromatic N) is 3. The fraction of sp³-hybridized carbons (Fsp3) is 0.750. The van der Waals surface area contributed by atoms with Crippen LogP contribution in [-0.2, 0) is 11.3 Å². The van der Waals surface area contributed by atoms with Crippen LogP contribution >= 0.6 is 0 Å². The zero-order valence-electron chi connectivity index (χ0n) is 15.0. The van der Waals surface area contributed by atoms with E-state index in [9.17, 15) is 0 Å². The second kappa shape index (κ2) is 7.11. The highest BCUT2D eigenvalue weighted by Crippen LogP contribution is 2.43. The van der Waals surface area contributed by atoms with E-state index >= 15 is 0 Å². The highest BCUT2D eigenvalue weighted by Gasteiger charge is 2.45. The van der Waals surface area contributed by atoms with Crippen molar-refractivity contribution in [2.24, 2.45) is 11.3 Å². The maximum atomic E-state index is 6.10. The number of hydrogen-bond acceptors (Lipinski definition) is 4. The summed E-state index contributed by atoms with van der Waals surface area (Å²) in [5.41, 5.74) is 1.84. The van der Waals surface area contributed by atoms with Crippen LogP contribution in [-0.4, -0.2) is 60.7 Å². The molecule has 1 unspecified atom stereocenters. The number of ether oxygens (including phenoxy) is 1. The third kappa shape index (κ3) is 3.98. The third-order valence-electron chi connectivity index (χ3n) is 6.24. The van der Waals surface area contributed by atoms with Gasteiger partial charge in [0.2, 0.25) is 0 Å². The van der Waals surface area contributed by atoms with Crippen molar-refractivity contribution in [3.8, 4) is 0 Å². The van der Waals surface area contributed by atoms with Crippen LogP contribution in [0.2, 0.25) is 0 Å². The third-order valence-corrected chi connectivity index (χ3v) is 6.24. The molecule has 1 saturated carbocycles. The minimum Gasteiger partial charge on any atom is -0.380 e. The fourth-order valence-electron chi connectivity index (χ4n) is 4.44. The number of piperidine rings is 1. The first kappa shape index (κ1) is 16.5. The van der Waals surface area contributed by atoms with Gasteiger partial charge in [0.1, 0.15) is 0 Å². The Bertz CT molecular complexity index is 523. The topological polar surface area (TPSA) is 28.6 Å². The average Bonchev–Trinajstić information content (AvgIpc) is 3.36. The maximum Gasteiger partial charge on any atom is 0.0622 e. The molecule has 1 spiro atoms. The minimum absolute atomic E-state index is 0.516. The van der Waals surface area contributed by atoms with Crippen LogP contribution in [0.1, 0.15) is 37.7 Å². The van der Waals surface area contributed by atoms with Gasteiger partial charge in [-0.3, -0.25) is 9.88 Å². The van der Waals surface area contributed by atoms with Crippen LogP contribution in [0.4, 0.5) is 0 Å². The van der Waals surface area contributed by atoms with Gasteiger partial charge in [-0.15, -0.1) is 0 Å². The Balaban J connectivity index is 1.41. The van der Waals surface area contributed by atoms with Crippen molar-refractivity contribution in [1.82, 2.24) is 14.8 Å². The van der Waals surface area contributed by atoms with Crippen molar-refractivity contribution in [2.75, 3.05) is 39.9 Å². The van der Waals surface area contributed by atoms with Crippen molar-refractivity contribution in [2.45, 2.75) is 44.7 Å². The van der Waals surface area contributed by atoms with E-state index < -0.39 is 0 Å². The van der Waals surface area contributed by atoms with Gasteiger partial charge in [-0.2, -0.15) is 0 Å². The monoisotopic (exact) mass is 329 g/mol. The van der Waals surface area contributed by atoms with Crippen LogP contribution < -0.4 is 0 Å². The smallest absolute Gasteiger partial charge is 0.0622 e. The molecule has 0 radical (unpaired) electrons. The molecule has 0 N–H and O–H groups in total. The van der Waals surface area contributed by atoms with Crippen LogP contribution in [0.3, 0.4) is 0 Å². The maximum absolute atomic E-state index is 6.10. The molecule has 4 rings (SSSR count). The molecule has 132 valence electrons. The molecule has 4 heteroatoms. The Hall–Kier alpha value is -0.970. The van der Waals surface area contributed by atoms with Gasteiger partial charge in [-0.05, 0) is 75.2 Å². The molecule has 1 aromatic heterocycles. The summed E-state index contributed by atoms with van der Waals surface area (Å²) in [6.45, 7) is 6.63. The van der Waals surface area contributed by atoms with Gasteiger partial charge in [0.25, 0.3) is 0 Å². The number of likely N-dealkylation sites (tertiary alicyclic amines) is 2. The lowest BCUT2D eigenvalue weighted by molar-refractivity contribution is 0.0682. The summed E-state index contributed by atoms with van der Waals surface area (Å²) in [6, 6.07) is 4.83. The first-order valence-electron chi connectivity index (χ1n) is 9.62. The predicted molar refractivity (Wildman–Crippen MR) is 95.8 cm³/mol. The van der Waals surface area contributed by atoms with Crippen LogP contribution in [0.5, 0.6) is 0 Å². The van der Waals surface area contributed by atoms with Crippen molar-refractivity contribution in [3.63, 3.8) is 0 Å². The van der Waals surface area contributed by atoms with Gasteiger partial charge in [0.15, 0.2) is 0 Å². The summed E-state index contributed by atoms with van der Waals surface area (Å²) in [7, 11) is 2.26. The molecule has 4 nitrogen and oxygen atoms in total.